The fourth-order valence-electron chi connectivity index (χ4n) is 8.08. The lowest BCUT2D eigenvalue weighted by Gasteiger charge is -2.49. The van der Waals surface area contributed by atoms with Crippen LogP contribution in [0, 0.1) is 29.6 Å². The number of fused-ring (bicyclic) bond motifs is 2. The lowest BCUT2D eigenvalue weighted by atomic mass is 9.54. The minimum atomic E-state index is -0.432. The minimum absolute atomic E-state index is 0.0151. The molecule has 0 aromatic heterocycles. The van der Waals surface area contributed by atoms with Crippen molar-refractivity contribution < 1.29 is 14.7 Å². The number of amides is 1. The van der Waals surface area contributed by atoms with E-state index in [-0.39, 0.29) is 36.1 Å². The third kappa shape index (κ3) is 5.36. The number of aliphatic hydroxyl groups excluding tert-OH is 1. The number of rotatable bonds is 7. The third-order valence-corrected chi connectivity index (χ3v) is 9.59. The topological polar surface area (TPSA) is 83.6 Å². The Morgan fingerprint density at radius 2 is 1.82 bits per heavy atom. The Labute approximate surface area is 234 Å². The molecular weight excluding hydrogens is 484 g/mol. The number of allylic oxidation sites excluding steroid dienone is 6. The first kappa shape index (κ1) is 29.2. The number of hydrogen-bond acceptors (Lipinski definition) is 4. The summed E-state index contributed by atoms with van der Waals surface area (Å²) in [5, 5.41) is 9.59. The maximum absolute atomic E-state index is 14.0. The van der Waals surface area contributed by atoms with Gasteiger partial charge in [0, 0.05) is 29.2 Å². The number of carbonyl (C=O) groups is 2. The van der Waals surface area contributed by atoms with Gasteiger partial charge in [-0.3, -0.25) is 14.5 Å². The van der Waals surface area contributed by atoms with Crippen molar-refractivity contribution >= 4 is 11.7 Å². The number of carbonyl (C=O) groups excluding carboxylic acids is 2. The lowest BCUT2D eigenvalue weighted by Crippen LogP contribution is -2.43. The molecule has 1 amide bonds. The van der Waals surface area contributed by atoms with Crippen molar-refractivity contribution in [2.24, 2.45) is 35.3 Å². The van der Waals surface area contributed by atoms with Crippen LogP contribution in [0.4, 0.5) is 0 Å². The van der Waals surface area contributed by atoms with Gasteiger partial charge < -0.3 is 10.8 Å². The van der Waals surface area contributed by atoms with Gasteiger partial charge in [-0.25, -0.2) is 0 Å². The number of piperidine rings is 1. The number of primary amides is 1. The highest BCUT2D eigenvalue weighted by atomic mass is 16.2. The van der Waals surface area contributed by atoms with E-state index in [0.29, 0.717) is 23.5 Å². The second kappa shape index (κ2) is 11.8. The summed E-state index contributed by atoms with van der Waals surface area (Å²) in [6.07, 6.45) is 8.89. The highest BCUT2D eigenvalue weighted by molar-refractivity contribution is 6.13. The zero-order valence-electron chi connectivity index (χ0n) is 24.3. The molecule has 5 heteroatoms. The van der Waals surface area contributed by atoms with E-state index in [0.717, 1.165) is 65.1 Å². The Bertz CT molecular complexity index is 1220. The largest absolute Gasteiger partial charge is 0.392 e. The summed E-state index contributed by atoms with van der Waals surface area (Å²) in [5.41, 5.74) is 13.4. The Hall–Kier alpha value is -2.76. The number of aliphatic hydroxyl groups is 1. The predicted molar refractivity (Wildman–Crippen MR) is 159 cm³/mol. The number of hydrogen-bond donors (Lipinski definition) is 2. The Balaban J connectivity index is 1.77. The van der Waals surface area contributed by atoms with Crippen molar-refractivity contribution in [2.45, 2.75) is 59.8 Å². The number of nitrogens with two attached hydrogens (primary N) is 1. The molecule has 3 N–H and O–H groups in total. The van der Waals surface area contributed by atoms with E-state index in [1.807, 2.05) is 19.9 Å². The molecule has 4 aliphatic rings. The Morgan fingerprint density at radius 1 is 1.15 bits per heavy atom. The van der Waals surface area contributed by atoms with Crippen LogP contribution >= 0.6 is 0 Å². The van der Waals surface area contributed by atoms with Crippen LogP contribution in [0.25, 0.3) is 0 Å². The fourth-order valence-corrected chi connectivity index (χ4v) is 8.08. The van der Waals surface area contributed by atoms with Crippen molar-refractivity contribution in [3.05, 3.63) is 82.0 Å². The fraction of sp³-hybridized carbons (Fsp3) is 0.529. The molecule has 3 aliphatic carbocycles. The van der Waals surface area contributed by atoms with Gasteiger partial charge in [0.1, 0.15) is 0 Å². The monoisotopic (exact) mass is 530 g/mol. The van der Waals surface area contributed by atoms with Crippen LogP contribution in [-0.4, -0.2) is 47.9 Å². The maximum atomic E-state index is 14.0. The zero-order valence-corrected chi connectivity index (χ0v) is 24.3. The second-order valence-corrected chi connectivity index (χ2v) is 12.3. The number of Topliss-reactive ketones (excluding diaryl/α,β-unsaturated/α-hetero) is 1. The molecule has 1 heterocycles. The van der Waals surface area contributed by atoms with Gasteiger partial charge in [-0.15, -0.1) is 0 Å². The van der Waals surface area contributed by atoms with Crippen molar-refractivity contribution in [2.75, 3.05) is 26.2 Å². The zero-order chi connectivity index (χ0) is 28.6. The van der Waals surface area contributed by atoms with E-state index < -0.39 is 5.91 Å². The minimum Gasteiger partial charge on any atom is -0.392 e. The van der Waals surface area contributed by atoms with Gasteiger partial charge in [-0.1, -0.05) is 63.3 Å². The molecule has 210 valence electrons. The molecule has 0 bridgehead atoms. The standard InChI is InChI=1S/C34H46N2O3/c1-19(2)29-22(5)31(34(35)39)23(6)30-24(7)32-25(17-28(29)30)16-27(21(4)33(32)38)26(12-11-15-37)20(3)18-36-13-9-8-10-14-36/h11-12,19,25,28-30,37H,3-4,6,8-10,13-18H2,1-2,5,7H3,(H2,35,39)/b12-11-,27-26+/t25-,28-,29+,30?/m0/s1. The van der Waals surface area contributed by atoms with Crippen LogP contribution in [0.2, 0.25) is 0 Å². The lowest BCUT2D eigenvalue weighted by molar-refractivity contribution is -0.114. The average molecular weight is 531 g/mol. The molecule has 0 aromatic rings. The molecule has 39 heavy (non-hydrogen) atoms. The molecule has 4 atom stereocenters. The highest BCUT2D eigenvalue weighted by Gasteiger charge is 2.49. The van der Waals surface area contributed by atoms with Gasteiger partial charge in [0.05, 0.1) is 6.61 Å². The van der Waals surface area contributed by atoms with E-state index in [9.17, 15) is 14.7 Å². The van der Waals surface area contributed by atoms with Gasteiger partial charge in [0.15, 0.2) is 5.78 Å². The summed E-state index contributed by atoms with van der Waals surface area (Å²) in [4.78, 5) is 28.9. The highest BCUT2D eigenvalue weighted by Crippen LogP contribution is 2.56. The number of nitrogens with zero attached hydrogens (tertiary/aromatic N) is 1. The first-order valence-electron chi connectivity index (χ1n) is 14.5. The molecule has 0 radical (unpaired) electrons. The van der Waals surface area contributed by atoms with Crippen LogP contribution in [-0.2, 0) is 9.59 Å². The molecule has 5 nitrogen and oxygen atoms in total. The number of likely N-dealkylation sites (tertiary alicyclic amines) is 1. The van der Waals surface area contributed by atoms with E-state index in [4.69, 9.17) is 5.73 Å². The Morgan fingerprint density at radius 3 is 2.41 bits per heavy atom. The van der Waals surface area contributed by atoms with Crippen LogP contribution < -0.4 is 5.73 Å². The van der Waals surface area contributed by atoms with Crippen molar-refractivity contribution in [3.8, 4) is 0 Å². The summed E-state index contributed by atoms with van der Waals surface area (Å²) < 4.78 is 0. The van der Waals surface area contributed by atoms with Crippen LogP contribution in [0.3, 0.4) is 0 Å². The molecule has 1 unspecified atom stereocenters. The summed E-state index contributed by atoms with van der Waals surface area (Å²) >= 11 is 0. The SMILES string of the molecule is C=C(CN1CCCCC1)C(/C=C\CO)=C1\C[C@H]2C[C@@H]3C(C(=C)C(C(N)=O)=C(C)[C@H]3C(C)C)C(C)=C2C(=O)C1=C. The van der Waals surface area contributed by atoms with Crippen molar-refractivity contribution in [1.29, 1.82) is 0 Å². The van der Waals surface area contributed by atoms with E-state index in [1.165, 1.54) is 19.3 Å². The first-order valence-corrected chi connectivity index (χ1v) is 14.5. The van der Waals surface area contributed by atoms with Crippen molar-refractivity contribution in [1.82, 2.24) is 4.90 Å². The molecule has 1 saturated heterocycles. The molecule has 1 aliphatic heterocycles. The maximum Gasteiger partial charge on any atom is 0.248 e. The molecule has 2 fully saturated rings. The van der Waals surface area contributed by atoms with Gasteiger partial charge in [0.2, 0.25) is 5.91 Å². The number of ketones is 1. The summed E-state index contributed by atoms with van der Waals surface area (Å²) in [6.45, 7) is 24.4. The summed E-state index contributed by atoms with van der Waals surface area (Å²) in [5.74, 6) is 0.317. The van der Waals surface area contributed by atoms with Gasteiger partial charge in [0.25, 0.3) is 0 Å². The predicted octanol–water partition coefficient (Wildman–Crippen LogP) is 5.62. The van der Waals surface area contributed by atoms with Gasteiger partial charge >= 0.3 is 0 Å². The van der Waals surface area contributed by atoms with Gasteiger partial charge in [-0.05, 0) is 98.6 Å². The molecule has 4 rings (SSSR count). The van der Waals surface area contributed by atoms with E-state index >= 15 is 0 Å². The van der Waals surface area contributed by atoms with E-state index in [1.54, 1.807) is 6.08 Å². The van der Waals surface area contributed by atoms with Crippen LogP contribution in [0.15, 0.2) is 82.0 Å². The van der Waals surface area contributed by atoms with E-state index in [2.05, 4.69) is 38.5 Å². The summed E-state index contributed by atoms with van der Waals surface area (Å²) in [6, 6.07) is 0. The first-order chi connectivity index (χ1) is 18.5. The molecule has 0 spiro atoms. The van der Waals surface area contributed by atoms with Crippen LogP contribution in [0.1, 0.15) is 59.8 Å². The quantitative estimate of drug-likeness (QED) is 0.419. The van der Waals surface area contributed by atoms with Crippen LogP contribution in [0.5, 0.6) is 0 Å². The summed E-state index contributed by atoms with van der Waals surface area (Å²) in [7, 11) is 0. The Kier molecular flexibility index (Phi) is 8.82. The third-order valence-electron chi connectivity index (χ3n) is 9.59. The molecule has 0 aromatic carbocycles. The normalized spacial score (nSPS) is 29.7. The second-order valence-electron chi connectivity index (χ2n) is 12.3. The molecule has 1 saturated carbocycles. The van der Waals surface area contributed by atoms with Crippen molar-refractivity contribution in [3.63, 3.8) is 0 Å². The average Bonchev–Trinajstić information content (AvgIpc) is 2.86. The smallest absolute Gasteiger partial charge is 0.248 e. The van der Waals surface area contributed by atoms with Gasteiger partial charge in [-0.2, -0.15) is 0 Å². The molecular formula is C34H46N2O3.